The van der Waals surface area contributed by atoms with E-state index in [0.29, 0.717) is 6.04 Å². The molecule has 1 heterocycles. The minimum absolute atomic E-state index is 0.689. The highest BCUT2D eigenvalue weighted by Crippen LogP contribution is 2.28. The highest BCUT2D eigenvalue weighted by Gasteiger charge is 2.25. The van der Waals surface area contributed by atoms with E-state index in [9.17, 15) is 0 Å². The van der Waals surface area contributed by atoms with Crippen LogP contribution in [0.4, 0.5) is 0 Å². The number of rotatable bonds is 4. The first-order chi connectivity index (χ1) is 7.31. The predicted molar refractivity (Wildman–Crippen MR) is 65.1 cm³/mol. The maximum Gasteiger partial charge on any atom is 0.0535 e. The summed E-state index contributed by atoms with van der Waals surface area (Å²) in [5.41, 5.74) is 2.47. The molecule has 15 heavy (non-hydrogen) atoms. The van der Waals surface area contributed by atoms with E-state index in [2.05, 4.69) is 28.7 Å². The quantitative estimate of drug-likeness (QED) is 0.824. The molecule has 0 saturated heterocycles. The number of hydrogen-bond acceptors (Lipinski definition) is 3. The molecule has 1 aliphatic rings. The van der Waals surface area contributed by atoms with Crippen molar-refractivity contribution in [1.29, 1.82) is 0 Å². The summed E-state index contributed by atoms with van der Waals surface area (Å²) in [6.45, 7) is 3.02. The molecule has 0 amide bonds. The van der Waals surface area contributed by atoms with Crippen LogP contribution >= 0.6 is 11.8 Å². The summed E-state index contributed by atoms with van der Waals surface area (Å²) >= 11 is 2.00. The smallest absolute Gasteiger partial charge is 0.0535 e. The molecule has 84 valence electrons. The number of aryl methyl sites for hydroxylation is 1. The van der Waals surface area contributed by atoms with Crippen LogP contribution in [0.1, 0.15) is 30.5 Å². The van der Waals surface area contributed by atoms with Gasteiger partial charge in [0, 0.05) is 29.1 Å². The minimum Gasteiger partial charge on any atom is -0.309 e. The minimum atomic E-state index is 0.689. The lowest BCUT2D eigenvalue weighted by atomic mass is 10.2. The first-order valence-corrected chi connectivity index (χ1v) is 6.85. The summed E-state index contributed by atoms with van der Waals surface area (Å²) in [7, 11) is 0. The zero-order valence-corrected chi connectivity index (χ0v) is 10.2. The highest BCUT2D eigenvalue weighted by atomic mass is 32.2. The molecule has 1 aliphatic carbocycles. The van der Waals surface area contributed by atoms with Gasteiger partial charge in [0.2, 0.25) is 0 Å². The monoisotopic (exact) mass is 225 g/mol. The lowest BCUT2D eigenvalue weighted by Crippen LogP contribution is -2.33. The third kappa shape index (κ3) is 2.55. The van der Waals surface area contributed by atoms with Crippen molar-refractivity contribution in [3.63, 3.8) is 0 Å². The fourth-order valence-corrected chi connectivity index (χ4v) is 3.20. The van der Waals surface area contributed by atoms with Crippen LogP contribution in [-0.2, 0) is 6.54 Å². The van der Waals surface area contributed by atoms with Gasteiger partial charge in [0.1, 0.15) is 0 Å². The topological polar surface area (TPSA) is 40.7 Å². The molecule has 2 N–H and O–H groups in total. The highest BCUT2D eigenvalue weighted by molar-refractivity contribution is 7.99. The molecule has 4 heteroatoms. The Hall–Kier alpha value is -0.480. The SMILES string of the molecule is CSC1CCCC1NCc1cn[nH]c1C. The van der Waals surface area contributed by atoms with E-state index in [1.807, 2.05) is 18.0 Å². The molecule has 1 saturated carbocycles. The van der Waals surface area contributed by atoms with Gasteiger partial charge in [-0.25, -0.2) is 0 Å². The third-order valence-corrected chi connectivity index (χ3v) is 4.41. The van der Waals surface area contributed by atoms with E-state index >= 15 is 0 Å². The number of aromatic amines is 1. The fourth-order valence-electron chi connectivity index (χ4n) is 2.24. The number of aromatic nitrogens is 2. The maximum atomic E-state index is 4.04. The average molecular weight is 225 g/mol. The summed E-state index contributed by atoms with van der Waals surface area (Å²) in [6, 6.07) is 0.689. The van der Waals surface area contributed by atoms with Crippen molar-refractivity contribution in [2.45, 2.75) is 44.0 Å². The van der Waals surface area contributed by atoms with Gasteiger partial charge in [0.05, 0.1) is 6.20 Å². The first kappa shape index (κ1) is 11.0. The van der Waals surface area contributed by atoms with Gasteiger partial charge >= 0.3 is 0 Å². The van der Waals surface area contributed by atoms with E-state index in [0.717, 1.165) is 11.8 Å². The number of nitrogens with zero attached hydrogens (tertiary/aromatic N) is 1. The van der Waals surface area contributed by atoms with Gasteiger partial charge in [-0.3, -0.25) is 5.10 Å². The van der Waals surface area contributed by atoms with Gasteiger partial charge in [-0.05, 0) is 26.0 Å². The molecule has 1 aromatic heterocycles. The summed E-state index contributed by atoms with van der Waals surface area (Å²) < 4.78 is 0. The van der Waals surface area contributed by atoms with E-state index in [1.54, 1.807) is 0 Å². The van der Waals surface area contributed by atoms with Crippen molar-refractivity contribution < 1.29 is 0 Å². The van der Waals surface area contributed by atoms with Gasteiger partial charge in [0.15, 0.2) is 0 Å². The molecule has 0 bridgehead atoms. The number of thioether (sulfide) groups is 1. The molecule has 0 aliphatic heterocycles. The van der Waals surface area contributed by atoms with E-state index in [4.69, 9.17) is 0 Å². The molecule has 2 atom stereocenters. The largest absolute Gasteiger partial charge is 0.309 e. The Morgan fingerprint density at radius 1 is 1.60 bits per heavy atom. The van der Waals surface area contributed by atoms with Gasteiger partial charge in [-0.15, -0.1) is 0 Å². The normalized spacial score (nSPS) is 26.0. The van der Waals surface area contributed by atoms with Crippen LogP contribution in [0.5, 0.6) is 0 Å². The zero-order valence-electron chi connectivity index (χ0n) is 9.42. The molecule has 0 radical (unpaired) electrons. The molecule has 2 rings (SSSR count). The molecule has 1 fully saturated rings. The van der Waals surface area contributed by atoms with Gasteiger partial charge in [-0.2, -0.15) is 16.9 Å². The van der Waals surface area contributed by atoms with E-state index in [-0.39, 0.29) is 0 Å². The fraction of sp³-hybridized carbons (Fsp3) is 0.727. The Kier molecular flexibility index (Phi) is 3.70. The first-order valence-electron chi connectivity index (χ1n) is 5.56. The molecular formula is C11H19N3S. The Labute approximate surface area is 95.4 Å². The Balaban J connectivity index is 1.85. The standard InChI is InChI=1S/C11H19N3S/c1-8-9(7-13-14-8)6-12-10-4-3-5-11(10)15-2/h7,10-12H,3-6H2,1-2H3,(H,13,14). The molecule has 3 nitrogen and oxygen atoms in total. The van der Waals surface area contributed by atoms with Gasteiger partial charge in [0.25, 0.3) is 0 Å². The lowest BCUT2D eigenvalue weighted by Gasteiger charge is -2.18. The second-order valence-corrected chi connectivity index (χ2v) is 5.29. The summed E-state index contributed by atoms with van der Waals surface area (Å²) in [5.74, 6) is 0. The Morgan fingerprint density at radius 3 is 3.13 bits per heavy atom. The van der Waals surface area contributed by atoms with Crippen LogP contribution < -0.4 is 5.32 Å². The van der Waals surface area contributed by atoms with Crippen LogP contribution in [0.25, 0.3) is 0 Å². The van der Waals surface area contributed by atoms with Crippen LogP contribution in [-0.4, -0.2) is 27.7 Å². The van der Waals surface area contributed by atoms with Crippen LogP contribution in [0, 0.1) is 6.92 Å². The lowest BCUT2D eigenvalue weighted by molar-refractivity contribution is 0.531. The van der Waals surface area contributed by atoms with Crippen LogP contribution in [0.15, 0.2) is 6.20 Å². The Bertz CT molecular complexity index is 311. The van der Waals surface area contributed by atoms with Crippen molar-refractivity contribution in [2.24, 2.45) is 0 Å². The number of nitrogens with one attached hydrogen (secondary N) is 2. The summed E-state index contributed by atoms with van der Waals surface area (Å²) in [6.07, 6.45) is 8.19. The number of hydrogen-bond donors (Lipinski definition) is 2. The third-order valence-electron chi connectivity index (χ3n) is 3.24. The van der Waals surface area contributed by atoms with E-state index < -0.39 is 0 Å². The van der Waals surface area contributed by atoms with E-state index in [1.165, 1.54) is 30.5 Å². The predicted octanol–water partition coefficient (Wildman–Crippen LogP) is 2.09. The second-order valence-electron chi connectivity index (χ2n) is 4.21. The van der Waals surface area contributed by atoms with Crippen LogP contribution in [0.2, 0.25) is 0 Å². The average Bonchev–Trinajstić information content (AvgIpc) is 2.83. The van der Waals surface area contributed by atoms with Crippen molar-refractivity contribution in [3.8, 4) is 0 Å². The van der Waals surface area contributed by atoms with Crippen LogP contribution in [0.3, 0.4) is 0 Å². The van der Waals surface area contributed by atoms with Crippen molar-refractivity contribution >= 4 is 11.8 Å². The molecular weight excluding hydrogens is 206 g/mol. The molecule has 1 aromatic rings. The molecule has 0 spiro atoms. The zero-order chi connectivity index (χ0) is 10.7. The molecule has 0 aromatic carbocycles. The second kappa shape index (κ2) is 5.03. The Morgan fingerprint density at radius 2 is 2.47 bits per heavy atom. The van der Waals surface area contributed by atoms with Gasteiger partial charge in [-0.1, -0.05) is 6.42 Å². The number of H-pyrrole nitrogens is 1. The summed E-state index contributed by atoms with van der Waals surface area (Å²) in [5, 5.41) is 11.5. The summed E-state index contributed by atoms with van der Waals surface area (Å²) in [4.78, 5) is 0. The van der Waals surface area contributed by atoms with Crippen molar-refractivity contribution in [1.82, 2.24) is 15.5 Å². The van der Waals surface area contributed by atoms with Gasteiger partial charge < -0.3 is 5.32 Å². The van der Waals surface area contributed by atoms with Crippen molar-refractivity contribution in [3.05, 3.63) is 17.5 Å². The van der Waals surface area contributed by atoms with Crippen molar-refractivity contribution in [2.75, 3.05) is 6.26 Å². The maximum absolute atomic E-state index is 4.04. The molecule has 2 unspecified atom stereocenters.